The van der Waals surface area contributed by atoms with Gasteiger partial charge in [0.15, 0.2) is 0 Å². The number of likely N-dealkylation sites (tertiary alicyclic amines) is 1. The SMILES string of the molecule is CC[C@@H](NC(=O)c1cc2ccc(C#N)cc2[nH]1)C(=O)N1CCC2(C1)CC2(F)F. The molecule has 146 valence electrons. The first-order valence-corrected chi connectivity index (χ1v) is 9.29. The summed E-state index contributed by atoms with van der Waals surface area (Å²) in [7, 11) is 0. The van der Waals surface area contributed by atoms with Gasteiger partial charge in [-0.3, -0.25) is 9.59 Å². The van der Waals surface area contributed by atoms with Crippen LogP contribution >= 0.6 is 0 Å². The Kier molecular flexibility index (Phi) is 4.14. The van der Waals surface area contributed by atoms with E-state index in [1.165, 1.54) is 4.90 Å². The first-order valence-electron chi connectivity index (χ1n) is 9.29. The fraction of sp³-hybridized carbons (Fsp3) is 0.450. The summed E-state index contributed by atoms with van der Waals surface area (Å²) < 4.78 is 27.1. The first-order chi connectivity index (χ1) is 13.3. The minimum atomic E-state index is -2.68. The Morgan fingerprint density at radius 3 is 2.75 bits per heavy atom. The molecule has 8 heteroatoms. The predicted molar refractivity (Wildman–Crippen MR) is 97.8 cm³/mol. The van der Waals surface area contributed by atoms with E-state index in [-0.39, 0.29) is 24.6 Å². The monoisotopic (exact) mass is 386 g/mol. The molecule has 2 fully saturated rings. The lowest BCUT2D eigenvalue weighted by Gasteiger charge is -2.23. The summed E-state index contributed by atoms with van der Waals surface area (Å²) in [5.74, 6) is -3.45. The van der Waals surface area contributed by atoms with Crippen LogP contribution in [0, 0.1) is 16.7 Å². The molecule has 2 heterocycles. The van der Waals surface area contributed by atoms with E-state index >= 15 is 0 Å². The fourth-order valence-electron chi connectivity index (χ4n) is 4.00. The van der Waals surface area contributed by atoms with Crippen LogP contribution < -0.4 is 5.32 Å². The van der Waals surface area contributed by atoms with Crippen molar-refractivity contribution in [1.29, 1.82) is 5.26 Å². The number of benzene rings is 1. The third-order valence-electron chi connectivity index (χ3n) is 5.88. The largest absolute Gasteiger partial charge is 0.350 e. The first kappa shape index (κ1) is 18.4. The number of halogens is 2. The highest BCUT2D eigenvalue weighted by Gasteiger charge is 2.73. The van der Waals surface area contributed by atoms with Crippen molar-refractivity contribution in [3.05, 3.63) is 35.5 Å². The van der Waals surface area contributed by atoms with E-state index in [9.17, 15) is 18.4 Å². The van der Waals surface area contributed by atoms with E-state index < -0.39 is 23.3 Å². The Morgan fingerprint density at radius 2 is 2.14 bits per heavy atom. The molecule has 2 atom stereocenters. The van der Waals surface area contributed by atoms with Crippen LogP contribution in [-0.2, 0) is 4.79 Å². The molecule has 1 aromatic heterocycles. The van der Waals surface area contributed by atoms with Gasteiger partial charge in [0.2, 0.25) is 5.91 Å². The summed E-state index contributed by atoms with van der Waals surface area (Å²) in [5.41, 5.74) is 0.354. The van der Waals surface area contributed by atoms with Crippen molar-refractivity contribution in [2.75, 3.05) is 13.1 Å². The number of carbonyl (C=O) groups excluding carboxylic acids is 2. The number of rotatable bonds is 4. The molecule has 28 heavy (non-hydrogen) atoms. The minimum absolute atomic E-state index is 0.0501. The van der Waals surface area contributed by atoms with Crippen LogP contribution in [0.4, 0.5) is 8.78 Å². The number of nitrogens with one attached hydrogen (secondary N) is 2. The lowest BCUT2D eigenvalue weighted by molar-refractivity contribution is -0.132. The summed E-state index contributed by atoms with van der Waals surface area (Å²) in [6, 6.07) is 7.97. The van der Waals surface area contributed by atoms with Crippen molar-refractivity contribution in [2.45, 2.75) is 38.2 Å². The molecule has 2 amide bonds. The van der Waals surface area contributed by atoms with E-state index in [0.717, 1.165) is 5.39 Å². The number of hydrogen-bond donors (Lipinski definition) is 2. The van der Waals surface area contributed by atoms with Crippen LogP contribution in [0.1, 0.15) is 42.2 Å². The Morgan fingerprint density at radius 1 is 1.39 bits per heavy atom. The van der Waals surface area contributed by atoms with Crippen molar-refractivity contribution in [1.82, 2.24) is 15.2 Å². The van der Waals surface area contributed by atoms with E-state index in [4.69, 9.17) is 5.26 Å². The van der Waals surface area contributed by atoms with Gasteiger partial charge in [-0.15, -0.1) is 0 Å². The molecule has 6 nitrogen and oxygen atoms in total. The van der Waals surface area contributed by atoms with Gasteiger partial charge in [-0.2, -0.15) is 5.26 Å². The van der Waals surface area contributed by atoms with Gasteiger partial charge in [0.05, 0.1) is 17.0 Å². The molecule has 1 aromatic carbocycles. The Hall–Kier alpha value is -2.95. The van der Waals surface area contributed by atoms with Gasteiger partial charge in [0, 0.05) is 30.4 Å². The summed E-state index contributed by atoms with van der Waals surface area (Å²) in [5, 5.41) is 12.5. The second-order valence-electron chi connectivity index (χ2n) is 7.70. The van der Waals surface area contributed by atoms with E-state index in [0.29, 0.717) is 30.5 Å². The van der Waals surface area contributed by atoms with Crippen molar-refractivity contribution in [3.63, 3.8) is 0 Å². The highest BCUT2D eigenvalue weighted by atomic mass is 19.3. The Bertz CT molecular complexity index is 1010. The van der Waals surface area contributed by atoms with Crippen molar-refractivity contribution < 1.29 is 18.4 Å². The second kappa shape index (κ2) is 6.30. The number of aromatic amines is 1. The molecule has 1 spiro atoms. The average molecular weight is 386 g/mol. The molecule has 1 saturated heterocycles. The van der Waals surface area contributed by atoms with Crippen LogP contribution in [0.5, 0.6) is 0 Å². The number of fused-ring (bicyclic) bond motifs is 1. The average Bonchev–Trinajstić information content (AvgIpc) is 3.06. The maximum Gasteiger partial charge on any atom is 0.268 e. The maximum atomic E-state index is 13.6. The van der Waals surface area contributed by atoms with Crippen LogP contribution in [0.3, 0.4) is 0 Å². The quantitative estimate of drug-likeness (QED) is 0.847. The fourth-order valence-corrected chi connectivity index (χ4v) is 4.00. The summed E-state index contributed by atoms with van der Waals surface area (Å²) in [6.45, 7) is 2.11. The number of carbonyl (C=O) groups is 2. The summed E-state index contributed by atoms with van der Waals surface area (Å²) >= 11 is 0. The van der Waals surface area contributed by atoms with E-state index in [2.05, 4.69) is 10.3 Å². The maximum absolute atomic E-state index is 13.6. The van der Waals surface area contributed by atoms with Crippen LogP contribution in [0.2, 0.25) is 0 Å². The molecule has 2 N–H and O–H groups in total. The minimum Gasteiger partial charge on any atom is -0.350 e. The highest BCUT2D eigenvalue weighted by Crippen LogP contribution is 2.65. The van der Waals surface area contributed by atoms with Crippen LogP contribution in [-0.4, -0.2) is 46.8 Å². The van der Waals surface area contributed by atoms with Crippen molar-refractivity contribution >= 4 is 22.7 Å². The van der Waals surface area contributed by atoms with Gasteiger partial charge in [-0.25, -0.2) is 8.78 Å². The van der Waals surface area contributed by atoms with Crippen LogP contribution in [0.25, 0.3) is 10.9 Å². The normalized spacial score (nSPS) is 23.6. The zero-order valence-electron chi connectivity index (χ0n) is 15.4. The van der Waals surface area contributed by atoms with Crippen molar-refractivity contribution in [3.8, 4) is 6.07 Å². The molecule has 1 aliphatic heterocycles. The van der Waals surface area contributed by atoms with Crippen LogP contribution in [0.15, 0.2) is 24.3 Å². The number of nitrogens with zero attached hydrogens (tertiary/aromatic N) is 2. The predicted octanol–water partition coefficient (Wildman–Crippen LogP) is 2.81. The molecule has 2 aromatic rings. The topological polar surface area (TPSA) is 89.0 Å². The van der Waals surface area contributed by atoms with Gasteiger partial charge in [0.1, 0.15) is 11.7 Å². The smallest absolute Gasteiger partial charge is 0.268 e. The number of aromatic nitrogens is 1. The second-order valence-corrected chi connectivity index (χ2v) is 7.70. The van der Waals surface area contributed by atoms with Gasteiger partial charge < -0.3 is 15.2 Å². The van der Waals surface area contributed by atoms with Gasteiger partial charge in [0.25, 0.3) is 11.8 Å². The molecule has 1 aliphatic carbocycles. The number of H-pyrrole nitrogens is 1. The third kappa shape index (κ3) is 2.91. The zero-order valence-corrected chi connectivity index (χ0v) is 15.4. The molecular weight excluding hydrogens is 366 g/mol. The molecule has 1 saturated carbocycles. The van der Waals surface area contributed by atoms with Gasteiger partial charge >= 0.3 is 0 Å². The van der Waals surface area contributed by atoms with E-state index in [1.54, 1.807) is 31.2 Å². The van der Waals surface area contributed by atoms with Gasteiger partial charge in [-0.05, 0) is 31.0 Å². The molecule has 0 bridgehead atoms. The lowest BCUT2D eigenvalue weighted by Crippen LogP contribution is -2.47. The van der Waals surface area contributed by atoms with Gasteiger partial charge in [-0.1, -0.05) is 13.0 Å². The number of alkyl halides is 2. The summed E-state index contributed by atoms with van der Waals surface area (Å²) in [6.07, 6.45) is 0.509. The number of hydrogen-bond acceptors (Lipinski definition) is 3. The Labute approximate surface area is 160 Å². The molecule has 4 rings (SSSR count). The molecule has 1 unspecified atom stereocenters. The van der Waals surface area contributed by atoms with E-state index in [1.807, 2.05) is 6.07 Å². The zero-order chi connectivity index (χ0) is 20.1. The number of amides is 2. The van der Waals surface area contributed by atoms with Crippen molar-refractivity contribution in [2.24, 2.45) is 5.41 Å². The highest BCUT2D eigenvalue weighted by molar-refractivity contribution is 6.00. The number of nitriles is 1. The molecule has 2 aliphatic rings. The standard InChI is InChI=1S/C20H20F2N4O2/c1-2-14(18(28)26-6-5-19(11-26)10-20(19,21)22)25-17(27)16-8-13-4-3-12(9-23)7-15(13)24-16/h3-4,7-8,14,24H,2,5-6,10-11H2,1H3,(H,25,27)/t14-,19?/m1/s1. The lowest BCUT2D eigenvalue weighted by atomic mass is 10.1. The molecule has 0 radical (unpaired) electrons. The Balaban J connectivity index is 1.45. The summed E-state index contributed by atoms with van der Waals surface area (Å²) in [4.78, 5) is 29.7. The molecular formula is C20H20F2N4O2. The third-order valence-corrected chi connectivity index (χ3v) is 5.88.